The second-order valence-electron chi connectivity index (χ2n) is 6.75. The highest BCUT2D eigenvalue weighted by molar-refractivity contribution is 6.06. The summed E-state index contributed by atoms with van der Waals surface area (Å²) in [5.41, 5.74) is 4.02. The molecular formula is C22H16N6O. The lowest BCUT2D eigenvalue weighted by atomic mass is 10.1. The molecule has 0 aliphatic carbocycles. The number of nitrogens with zero attached hydrogens (tertiary/aromatic N) is 5. The number of pyridine rings is 1. The first-order valence-corrected chi connectivity index (χ1v) is 9.07. The van der Waals surface area contributed by atoms with Crippen LogP contribution in [0.3, 0.4) is 0 Å². The van der Waals surface area contributed by atoms with Gasteiger partial charge < -0.3 is 5.32 Å². The minimum absolute atomic E-state index is 0.243. The number of hydrogen-bond donors (Lipinski definition) is 1. The molecule has 0 aliphatic rings. The summed E-state index contributed by atoms with van der Waals surface area (Å²) in [4.78, 5) is 25.5. The van der Waals surface area contributed by atoms with E-state index in [0.29, 0.717) is 16.9 Å². The van der Waals surface area contributed by atoms with E-state index in [9.17, 15) is 4.79 Å². The lowest BCUT2D eigenvalue weighted by Crippen LogP contribution is -2.12. The molecule has 0 bridgehead atoms. The summed E-state index contributed by atoms with van der Waals surface area (Å²) in [6, 6.07) is 13.2. The van der Waals surface area contributed by atoms with Crippen molar-refractivity contribution in [3.05, 3.63) is 79.0 Å². The molecule has 2 aromatic carbocycles. The molecule has 5 rings (SSSR count). The minimum Gasteiger partial charge on any atom is -0.307 e. The second-order valence-corrected chi connectivity index (χ2v) is 6.75. The number of fused-ring (bicyclic) bond motifs is 2. The van der Waals surface area contributed by atoms with Gasteiger partial charge in [0.1, 0.15) is 5.82 Å². The zero-order chi connectivity index (χ0) is 19.8. The Kier molecular flexibility index (Phi) is 3.98. The van der Waals surface area contributed by atoms with Crippen LogP contribution in [0.2, 0.25) is 0 Å². The maximum atomic E-state index is 12.7. The van der Waals surface area contributed by atoms with E-state index in [2.05, 4.69) is 31.4 Å². The van der Waals surface area contributed by atoms with Crippen LogP contribution in [0.25, 0.3) is 32.9 Å². The van der Waals surface area contributed by atoms with Gasteiger partial charge in [-0.25, -0.2) is 4.98 Å². The standard InChI is InChI=1S/C22H16N6O/c1-28-13-18(12-26-28)14-2-3-16-11-25-21(10-17(16)8-14)27-22(29)15-4-5-19-20(9-15)24-7-6-23-19/h2-13H,1H3,(H,25,27,29). The summed E-state index contributed by atoms with van der Waals surface area (Å²) in [6.45, 7) is 0. The van der Waals surface area contributed by atoms with E-state index in [0.717, 1.165) is 27.4 Å². The molecule has 0 spiro atoms. The highest BCUT2D eigenvalue weighted by atomic mass is 16.1. The molecule has 3 aromatic heterocycles. The van der Waals surface area contributed by atoms with Crippen molar-refractivity contribution in [2.45, 2.75) is 0 Å². The molecule has 0 fully saturated rings. The fourth-order valence-corrected chi connectivity index (χ4v) is 3.25. The van der Waals surface area contributed by atoms with Gasteiger partial charge in [-0.1, -0.05) is 12.1 Å². The summed E-state index contributed by atoms with van der Waals surface area (Å²) in [5.74, 6) is 0.248. The molecule has 7 nitrogen and oxygen atoms in total. The minimum atomic E-state index is -0.243. The first-order chi connectivity index (χ1) is 14.2. The maximum absolute atomic E-state index is 12.7. The topological polar surface area (TPSA) is 85.6 Å². The Morgan fingerprint density at radius 3 is 2.55 bits per heavy atom. The van der Waals surface area contributed by atoms with E-state index in [1.165, 1.54) is 0 Å². The molecule has 3 heterocycles. The Morgan fingerprint density at radius 1 is 0.862 bits per heavy atom. The van der Waals surface area contributed by atoms with Gasteiger partial charge in [0.15, 0.2) is 0 Å². The number of amides is 1. The van der Waals surface area contributed by atoms with E-state index >= 15 is 0 Å². The quantitative estimate of drug-likeness (QED) is 0.514. The zero-order valence-corrected chi connectivity index (χ0v) is 15.6. The van der Waals surface area contributed by atoms with Gasteiger partial charge in [0, 0.05) is 48.3 Å². The molecule has 0 aliphatic heterocycles. The molecular weight excluding hydrogens is 364 g/mol. The lowest BCUT2D eigenvalue weighted by Gasteiger charge is -2.07. The molecule has 140 valence electrons. The molecule has 1 N–H and O–H groups in total. The summed E-state index contributed by atoms with van der Waals surface area (Å²) >= 11 is 0. The maximum Gasteiger partial charge on any atom is 0.256 e. The van der Waals surface area contributed by atoms with Gasteiger partial charge in [-0.2, -0.15) is 5.10 Å². The third kappa shape index (κ3) is 3.29. The van der Waals surface area contributed by atoms with Crippen molar-refractivity contribution in [3.63, 3.8) is 0 Å². The Labute approximate surface area is 166 Å². The molecule has 7 heteroatoms. The fraction of sp³-hybridized carbons (Fsp3) is 0.0455. The Morgan fingerprint density at radius 2 is 1.72 bits per heavy atom. The van der Waals surface area contributed by atoms with Crippen molar-refractivity contribution in [3.8, 4) is 11.1 Å². The predicted octanol–water partition coefficient (Wildman–Crippen LogP) is 3.83. The highest BCUT2D eigenvalue weighted by Crippen LogP contribution is 2.25. The van der Waals surface area contributed by atoms with Crippen molar-refractivity contribution in [2.24, 2.45) is 7.05 Å². The van der Waals surface area contributed by atoms with Crippen molar-refractivity contribution < 1.29 is 4.79 Å². The molecule has 0 unspecified atom stereocenters. The van der Waals surface area contributed by atoms with E-state index in [1.54, 1.807) is 41.5 Å². The number of hydrogen-bond acceptors (Lipinski definition) is 5. The summed E-state index contributed by atoms with van der Waals surface area (Å²) in [5, 5.41) is 9.07. The fourth-order valence-electron chi connectivity index (χ4n) is 3.25. The van der Waals surface area contributed by atoms with Gasteiger partial charge in [-0.05, 0) is 41.3 Å². The average Bonchev–Trinajstić information content (AvgIpc) is 3.19. The van der Waals surface area contributed by atoms with Gasteiger partial charge in [-0.15, -0.1) is 0 Å². The van der Waals surface area contributed by atoms with Crippen LogP contribution in [0, 0.1) is 0 Å². The molecule has 0 saturated carbocycles. The van der Waals surface area contributed by atoms with Crippen LogP contribution in [0.15, 0.2) is 73.4 Å². The van der Waals surface area contributed by atoms with Gasteiger partial charge >= 0.3 is 0 Å². The van der Waals surface area contributed by atoms with Crippen LogP contribution in [0.1, 0.15) is 10.4 Å². The monoisotopic (exact) mass is 380 g/mol. The number of aromatic nitrogens is 5. The lowest BCUT2D eigenvalue weighted by molar-refractivity contribution is 0.102. The predicted molar refractivity (Wildman–Crippen MR) is 111 cm³/mol. The number of carbonyl (C=O) groups excluding carboxylic acids is 1. The first-order valence-electron chi connectivity index (χ1n) is 9.07. The Hall–Kier alpha value is -4.13. The number of anilines is 1. The second kappa shape index (κ2) is 6.79. The number of nitrogens with one attached hydrogen (secondary N) is 1. The van der Waals surface area contributed by atoms with E-state index in [4.69, 9.17) is 0 Å². The van der Waals surface area contributed by atoms with Crippen molar-refractivity contribution in [1.29, 1.82) is 0 Å². The van der Waals surface area contributed by atoms with E-state index in [1.807, 2.05) is 37.6 Å². The number of aryl methyl sites for hydroxylation is 1. The number of carbonyl (C=O) groups is 1. The van der Waals surface area contributed by atoms with Crippen LogP contribution >= 0.6 is 0 Å². The van der Waals surface area contributed by atoms with Crippen molar-refractivity contribution >= 4 is 33.5 Å². The van der Waals surface area contributed by atoms with Crippen molar-refractivity contribution in [2.75, 3.05) is 5.32 Å². The van der Waals surface area contributed by atoms with Gasteiger partial charge in [-0.3, -0.25) is 19.4 Å². The molecule has 0 atom stereocenters. The van der Waals surface area contributed by atoms with Crippen molar-refractivity contribution in [1.82, 2.24) is 24.7 Å². The van der Waals surface area contributed by atoms with Crippen LogP contribution in [-0.2, 0) is 7.05 Å². The third-order valence-corrected chi connectivity index (χ3v) is 4.73. The molecule has 0 saturated heterocycles. The van der Waals surface area contributed by atoms with E-state index < -0.39 is 0 Å². The summed E-state index contributed by atoms with van der Waals surface area (Å²) in [7, 11) is 1.89. The van der Waals surface area contributed by atoms with Crippen LogP contribution in [-0.4, -0.2) is 30.6 Å². The third-order valence-electron chi connectivity index (χ3n) is 4.73. The number of rotatable bonds is 3. The Balaban J connectivity index is 1.45. The van der Waals surface area contributed by atoms with Crippen LogP contribution < -0.4 is 5.32 Å². The van der Waals surface area contributed by atoms with Gasteiger partial charge in [0.2, 0.25) is 0 Å². The highest BCUT2D eigenvalue weighted by Gasteiger charge is 2.10. The largest absolute Gasteiger partial charge is 0.307 e. The Bertz CT molecular complexity index is 1370. The summed E-state index contributed by atoms with van der Waals surface area (Å²) < 4.78 is 1.77. The van der Waals surface area contributed by atoms with E-state index in [-0.39, 0.29) is 5.91 Å². The smallest absolute Gasteiger partial charge is 0.256 e. The first kappa shape index (κ1) is 17.0. The average molecular weight is 380 g/mol. The van der Waals surface area contributed by atoms with Crippen LogP contribution in [0.4, 0.5) is 5.82 Å². The van der Waals surface area contributed by atoms with Gasteiger partial charge in [0.05, 0.1) is 17.2 Å². The molecule has 0 radical (unpaired) electrons. The number of benzene rings is 2. The molecule has 1 amide bonds. The van der Waals surface area contributed by atoms with Crippen LogP contribution in [0.5, 0.6) is 0 Å². The molecule has 29 heavy (non-hydrogen) atoms. The summed E-state index contributed by atoms with van der Waals surface area (Å²) in [6.07, 6.45) is 8.78. The SMILES string of the molecule is Cn1cc(-c2ccc3cnc(NC(=O)c4ccc5nccnc5c4)cc3c2)cn1. The zero-order valence-electron chi connectivity index (χ0n) is 15.6. The normalized spacial score (nSPS) is 11.1. The molecule has 5 aromatic rings. The van der Waals surface area contributed by atoms with Gasteiger partial charge in [0.25, 0.3) is 5.91 Å².